The number of hydrogen-bond donors (Lipinski definition) is 1. The van der Waals surface area contributed by atoms with Gasteiger partial charge >= 0.3 is 0 Å². The number of aromatic nitrogens is 2. The summed E-state index contributed by atoms with van der Waals surface area (Å²) >= 11 is 8.16. The van der Waals surface area contributed by atoms with Crippen LogP contribution in [-0.2, 0) is 13.5 Å². The van der Waals surface area contributed by atoms with Crippen molar-refractivity contribution >= 4 is 23.4 Å². The molecule has 17 heavy (non-hydrogen) atoms. The zero-order valence-electron chi connectivity index (χ0n) is 11.2. The van der Waals surface area contributed by atoms with Gasteiger partial charge in [0.2, 0.25) is 0 Å². The van der Waals surface area contributed by atoms with Crippen LogP contribution in [0.3, 0.4) is 0 Å². The molecule has 0 aliphatic heterocycles. The summed E-state index contributed by atoms with van der Waals surface area (Å²) in [4.78, 5) is 0. The summed E-state index contributed by atoms with van der Waals surface area (Å²) in [5, 5.41) is 8.55. The molecule has 2 unspecified atom stereocenters. The molecule has 0 aliphatic carbocycles. The van der Waals surface area contributed by atoms with Crippen LogP contribution in [0.1, 0.15) is 18.3 Å². The number of rotatable bonds is 6. The summed E-state index contributed by atoms with van der Waals surface area (Å²) in [7, 11) is 3.97. The quantitative estimate of drug-likeness (QED) is 0.865. The maximum Gasteiger partial charge on any atom is 0.0847 e. The highest BCUT2D eigenvalue weighted by Gasteiger charge is 2.20. The smallest absolute Gasteiger partial charge is 0.0847 e. The predicted octanol–water partition coefficient (Wildman–Crippen LogP) is 2.51. The number of aryl methyl sites for hydroxylation is 2. The first-order valence-corrected chi connectivity index (χ1v) is 7.62. The molecule has 0 spiro atoms. The molecule has 2 atom stereocenters. The van der Waals surface area contributed by atoms with E-state index in [-0.39, 0.29) is 0 Å². The van der Waals surface area contributed by atoms with E-state index < -0.39 is 0 Å². The van der Waals surface area contributed by atoms with Gasteiger partial charge in [0, 0.05) is 19.5 Å². The lowest BCUT2D eigenvalue weighted by Gasteiger charge is -2.23. The SMILES string of the molecule is CNC(Cc1c(Cl)c(C)nn1C)C(C)CSC. The lowest BCUT2D eigenvalue weighted by atomic mass is 9.99. The second-order valence-corrected chi connectivity index (χ2v) is 5.79. The summed E-state index contributed by atoms with van der Waals surface area (Å²) in [6.07, 6.45) is 3.07. The largest absolute Gasteiger partial charge is 0.316 e. The molecule has 1 aromatic heterocycles. The summed E-state index contributed by atoms with van der Waals surface area (Å²) in [6, 6.07) is 0.440. The molecular weight excluding hydrogens is 254 g/mol. The summed E-state index contributed by atoms with van der Waals surface area (Å²) < 4.78 is 1.90. The van der Waals surface area contributed by atoms with Gasteiger partial charge in [-0.2, -0.15) is 16.9 Å². The number of halogens is 1. The standard InChI is InChI=1S/C12H22ClN3S/c1-8(7-17-5)10(14-3)6-11-12(13)9(2)15-16(11)4/h8,10,14H,6-7H2,1-5H3. The Morgan fingerprint density at radius 1 is 1.53 bits per heavy atom. The molecular formula is C12H22ClN3S. The molecule has 0 bridgehead atoms. The number of nitrogens with one attached hydrogen (secondary N) is 1. The topological polar surface area (TPSA) is 29.9 Å². The van der Waals surface area contributed by atoms with Crippen molar-refractivity contribution in [1.29, 1.82) is 0 Å². The minimum atomic E-state index is 0.440. The van der Waals surface area contributed by atoms with Crippen LogP contribution in [0.2, 0.25) is 5.02 Å². The first-order valence-electron chi connectivity index (χ1n) is 5.85. The van der Waals surface area contributed by atoms with Crippen molar-refractivity contribution in [2.75, 3.05) is 19.1 Å². The zero-order chi connectivity index (χ0) is 13.0. The molecule has 0 radical (unpaired) electrons. The molecule has 0 aliphatic rings. The van der Waals surface area contributed by atoms with Crippen LogP contribution < -0.4 is 5.32 Å². The number of thioether (sulfide) groups is 1. The predicted molar refractivity (Wildman–Crippen MR) is 77.1 cm³/mol. The van der Waals surface area contributed by atoms with Crippen LogP contribution in [0, 0.1) is 12.8 Å². The van der Waals surface area contributed by atoms with Gasteiger partial charge in [-0.15, -0.1) is 0 Å². The summed E-state index contributed by atoms with van der Waals surface area (Å²) in [5.74, 6) is 1.77. The zero-order valence-corrected chi connectivity index (χ0v) is 12.8. The molecule has 0 aromatic carbocycles. The highest BCUT2D eigenvalue weighted by Crippen LogP contribution is 2.23. The van der Waals surface area contributed by atoms with E-state index in [0.29, 0.717) is 12.0 Å². The van der Waals surface area contributed by atoms with Crippen LogP contribution in [-0.4, -0.2) is 34.9 Å². The van der Waals surface area contributed by atoms with Crippen LogP contribution >= 0.6 is 23.4 Å². The molecule has 0 saturated carbocycles. The fourth-order valence-electron chi connectivity index (χ4n) is 2.08. The van der Waals surface area contributed by atoms with Crippen molar-refractivity contribution in [1.82, 2.24) is 15.1 Å². The third-order valence-electron chi connectivity index (χ3n) is 3.16. The molecule has 1 N–H and O–H groups in total. The monoisotopic (exact) mass is 275 g/mol. The van der Waals surface area contributed by atoms with Gasteiger partial charge in [0.25, 0.3) is 0 Å². The van der Waals surface area contributed by atoms with Crippen molar-refractivity contribution in [3.05, 3.63) is 16.4 Å². The Labute approximate surface area is 113 Å². The van der Waals surface area contributed by atoms with Gasteiger partial charge in [0.05, 0.1) is 16.4 Å². The van der Waals surface area contributed by atoms with E-state index in [0.717, 1.165) is 28.6 Å². The fraction of sp³-hybridized carbons (Fsp3) is 0.750. The number of hydrogen-bond acceptors (Lipinski definition) is 3. The Morgan fingerprint density at radius 3 is 2.59 bits per heavy atom. The minimum Gasteiger partial charge on any atom is -0.316 e. The van der Waals surface area contributed by atoms with E-state index in [1.54, 1.807) is 0 Å². The van der Waals surface area contributed by atoms with E-state index in [4.69, 9.17) is 11.6 Å². The maximum atomic E-state index is 6.28. The lowest BCUT2D eigenvalue weighted by Crippen LogP contribution is -2.36. The van der Waals surface area contributed by atoms with Gasteiger partial charge in [0.15, 0.2) is 0 Å². The number of likely N-dealkylation sites (N-methyl/N-ethyl adjacent to an activating group) is 1. The lowest BCUT2D eigenvalue weighted by molar-refractivity contribution is 0.421. The third-order valence-corrected chi connectivity index (χ3v) is 4.51. The first kappa shape index (κ1) is 14.9. The molecule has 5 heteroatoms. The Kier molecular flexibility index (Phi) is 5.83. The van der Waals surface area contributed by atoms with E-state index >= 15 is 0 Å². The molecule has 1 rings (SSSR count). The van der Waals surface area contributed by atoms with Crippen molar-refractivity contribution in [3.8, 4) is 0 Å². The fourth-order valence-corrected chi connectivity index (χ4v) is 3.07. The second-order valence-electron chi connectivity index (χ2n) is 4.50. The van der Waals surface area contributed by atoms with Gasteiger partial charge < -0.3 is 5.32 Å². The molecule has 98 valence electrons. The van der Waals surface area contributed by atoms with Crippen molar-refractivity contribution in [2.45, 2.75) is 26.3 Å². The van der Waals surface area contributed by atoms with Gasteiger partial charge in [-0.3, -0.25) is 4.68 Å². The molecule has 0 saturated heterocycles. The average molecular weight is 276 g/mol. The van der Waals surface area contributed by atoms with Gasteiger partial charge in [-0.25, -0.2) is 0 Å². The van der Waals surface area contributed by atoms with Crippen LogP contribution in [0.5, 0.6) is 0 Å². The Bertz CT molecular complexity index is 365. The van der Waals surface area contributed by atoms with E-state index in [9.17, 15) is 0 Å². The summed E-state index contributed by atoms with van der Waals surface area (Å²) in [5.41, 5.74) is 2.04. The Balaban J connectivity index is 2.80. The molecule has 1 aromatic rings. The maximum absolute atomic E-state index is 6.28. The molecule has 0 amide bonds. The van der Waals surface area contributed by atoms with Crippen molar-refractivity contribution < 1.29 is 0 Å². The van der Waals surface area contributed by atoms with E-state index in [1.165, 1.54) is 0 Å². The van der Waals surface area contributed by atoms with Gasteiger partial charge in [-0.05, 0) is 31.9 Å². The molecule has 3 nitrogen and oxygen atoms in total. The highest BCUT2D eigenvalue weighted by molar-refractivity contribution is 7.98. The second kappa shape index (κ2) is 6.66. The number of nitrogens with zero attached hydrogens (tertiary/aromatic N) is 2. The van der Waals surface area contributed by atoms with Crippen LogP contribution in [0.25, 0.3) is 0 Å². The first-order chi connectivity index (χ1) is 8.01. The highest BCUT2D eigenvalue weighted by atomic mass is 35.5. The van der Waals surface area contributed by atoms with Crippen molar-refractivity contribution in [3.63, 3.8) is 0 Å². The Hall–Kier alpha value is -0.190. The molecule has 0 fully saturated rings. The normalized spacial score (nSPS) is 14.9. The van der Waals surface area contributed by atoms with Gasteiger partial charge in [-0.1, -0.05) is 18.5 Å². The Morgan fingerprint density at radius 2 is 2.18 bits per heavy atom. The van der Waals surface area contributed by atoms with E-state index in [1.807, 2.05) is 37.5 Å². The van der Waals surface area contributed by atoms with Gasteiger partial charge in [0.1, 0.15) is 0 Å². The molecule has 1 heterocycles. The van der Waals surface area contributed by atoms with Crippen LogP contribution in [0.4, 0.5) is 0 Å². The summed E-state index contributed by atoms with van der Waals surface area (Å²) in [6.45, 7) is 4.22. The third kappa shape index (κ3) is 3.63. The van der Waals surface area contributed by atoms with Crippen molar-refractivity contribution in [2.24, 2.45) is 13.0 Å². The van der Waals surface area contributed by atoms with Crippen LogP contribution in [0.15, 0.2) is 0 Å². The average Bonchev–Trinajstić information content (AvgIpc) is 2.51. The minimum absolute atomic E-state index is 0.440. The van der Waals surface area contributed by atoms with E-state index in [2.05, 4.69) is 23.6 Å².